The highest BCUT2D eigenvalue weighted by Crippen LogP contribution is 2.38. The predicted molar refractivity (Wildman–Crippen MR) is 78.9 cm³/mol. The van der Waals surface area contributed by atoms with Crippen molar-refractivity contribution >= 4 is 0 Å². The van der Waals surface area contributed by atoms with E-state index in [1.807, 2.05) is 0 Å². The van der Waals surface area contributed by atoms with Crippen molar-refractivity contribution in [3.63, 3.8) is 0 Å². The van der Waals surface area contributed by atoms with Gasteiger partial charge in [0.2, 0.25) is 0 Å². The van der Waals surface area contributed by atoms with Crippen molar-refractivity contribution in [1.29, 1.82) is 0 Å². The number of hydrogen-bond donors (Lipinski definition) is 1. The van der Waals surface area contributed by atoms with Crippen LogP contribution in [-0.2, 0) is 4.74 Å². The van der Waals surface area contributed by atoms with E-state index in [1.54, 1.807) is 0 Å². The maximum Gasteiger partial charge on any atom is 0.0870 e. The Hall–Kier alpha value is -0.340. The molecule has 1 atom stereocenters. The second-order valence-electron chi connectivity index (χ2n) is 5.96. The maximum atomic E-state index is 6.23. The van der Waals surface area contributed by atoms with Crippen molar-refractivity contribution in [2.75, 3.05) is 13.2 Å². The molecule has 0 spiro atoms. The van der Waals surface area contributed by atoms with E-state index >= 15 is 0 Å². The minimum absolute atomic E-state index is 0.0224. The van der Waals surface area contributed by atoms with Gasteiger partial charge in [-0.15, -0.1) is 0 Å². The Labute approximate surface area is 113 Å². The number of hydrogen-bond acceptors (Lipinski definition) is 2. The van der Waals surface area contributed by atoms with Crippen LogP contribution in [0.3, 0.4) is 0 Å². The van der Waals surface area contributed by atoms with Gasteiger partial charge in [0.1, 0.15) is 0 Å². The molecule has 0 radical (unpaired) electrons. The molecule has 0 heterocycles. The van der Waals surface area contributed by atoms with Crippen LogP contribution in [0.1, 0.15) is 60.3 Å². The van der Waals surface area contributed by atoms with Crippen LogP contribution >= 0.6 is 0 Å². The normalized spacial score (nSPS) is 29.9. The first-order chi connectivity index (χ1) is 8.54. The molecule has 1 aliphatic carbocycles. The number of rotatable bonds is 6. The summed E-state index contributed by atoms with van der Waals surface area (Å²) in [6.07, 6.45) is 7.30. The Morgan fingerprint density at radius 1 is 1.33 bits per heavy atom. The fourth-order valence-electron chi connectivity index (χ4n) is 3.03. The Bertz CT molecular complexity index is 260. The third-order valence-electron chi connectivity index (χ3n) is 4.04. The van der Waals surface area contributed by atoms with E-state index < -0.39 is 0 Å². The van der Waals surface area contributed by atoms with Crippen LogP contribution in [0.25, 0.3) is 0 Å². The molecule has 1 saturated carbocycles. The lowest BCUT2D eigenvalue weighted by Gasteiger charge is -2.44. The number of likely N-dealkylation sites (N-methyl/N-ethyl adjacent to an activating group) is 1. The maximum absolute atomic E-state index is 6.23. The zero-order valence-electron chi connectivity index (χ0n) is 12.9. The molecule has 106 valence electrons. The molecule has 0 bridgehead atoms. The van der Waals surface area contributed by atoms with Gasteiger partial charge in [-0.3, -0.25) is 0 Å². The Balaban J connectivity index is 2.88. The van der Waals surface area contributed by atoms with E-state index in [2.05, 4.69) is 46.0 Å². The van der Waals surface area contributed by atoms with Crippen molar-refractivity contribution < 1.29 is 4.74 Å². The summed E-state index contributed by atoms with van der Waals surface area (Å²) >= 11 is 0. The lowest BCUT2D eigenvalue weighted by molar-refractivity contribution is -0.0861. The van der Waals surface area contributed by atoms with Crippen molar-refractivity contribution in [3.8, 4) is 0 Å². The Morgan fingerprint density at radius 3 is 2.39 bits per heavy atom. The van der Waals surface area contributed by atoms with Gasteiger partial charge in [-0.2, -0.15) is 0 Å². The van der Waals surface area contributed by atoms with E-state index in [1.165, 1.54) is 31.3 Å². The molecule has 1 rings (SSSR count). The summed E-state index contributed by atoms with van der Waals surface area (Å²) in [5.74, 6) is 0.854. The lowest BCUT2D eigenvalue weighted by atomic mass is 9.74. The Morgan fingerprint density at radius 2 is 1.94 bits per heavy atom. The van der Waals surface area contributed by atoms with Gasteiger partial charge in [0.05, 0.1) is 11.6 Å². The van der Waals surface area contributed by atoms with E-state index in [9.17, 15) is 0 Å². The van der Waals surface area contributed by atoms with E-state index in [0.29, 0.717) is 6.04 Å². The quantitative estimate of drug-likeness (QED) is 0.725. The molecule has 0 saturated heterocycles. The topological polar surface area (TPSA) is 21.3 Å². The standard InChI is InChI=1S/C16H31NO/c1-6-17-15(12-13(3)4)16(18-7-2)10-8-14(5)9-11-16/h12,14-15,17H,6-11H2,1-5H3. The highest BCUT2D eigenvalue weighted by Gasteiger charge is 2.40. The Kier molecular flexibility index (Phi) is 6.37. The summed E-state index contributed by atoms with van der Waals surface area (Å²) in [5.41, 5.74) is 1.40. The fourth-order valence-corrected chi connectivity index (χ4v) is 3.03. The van der Waals surface area contributed by atoms with Crippen LogP contribution in [0.4, 0.5) is 0 Å². The summed E-state index contributed by atoms with van der Waals surface area (Å²) in [6.45, 7) is 12.8. The van der Waals surface area contributed by atoms with Crippen LogP contribution in [0.5, 0.6) is 0 Å². The number of nitrogens with one attached hydrogen (secondary N) is 1. The van der Waals surface area contributed by atoms with Gasteiger partial charge in [0.15, 0.2) is 0 Å². The molecule has 18 heavy (non-hydrogen) atoms. The van der Waals surface area contributed by atoms with Gasteiger partial charge >= 0.3 is 0 Å². The first kappa shape index (κ1) is 15.7. The second kappa shape index (κ2) is 7.30. The zero-order valence-corrected chi connectivity index (χ0v) is 12.9. The van der Waals surface area contributed by atoms with Gasteiger partial charge in [0, 0.05) is 6.61 Å². The largest absolute Gasteiger partial charge is 0.373 e. The minimum atomic E-state index is 0.0224. The van der Waals surface area contributed by atoms with Gasteiger partial charge in [-0.1, -0.05) is 25.5 Å². The smallest absolute Gasteiger partial charge is 0.0870 e. The van der Waals surface area contributed by atoms with Crippen LogP contribution in [0.15, 0.2) is 11.6 Å². The monoisotopic (exact) mass is 253 g/mol. The highest BCUT2D eigenvalue weighted by molar-refractivity contribution is 5.11. The molecule has 0 aromatic heterocycles. The van der Waals surface area contributed by atoms with Gasteiger partial charge in [-0.25, -0.2) is 0 Å². The molecule has 0 aromatic carbocycles. The van der Waals surface area contributed by atoms with Crippen LogP contribution in [0, 0.1) is 5.92 Å². The number of allylic oxidation sites excluding steroid dienone is 1. The van der Waals surface area contributed by atoms with Crippen LogP contribution < -0.4 is 5.32 Å². The SMILES string of the molecule is CCNC(C=C(C)C)C1(OCC)CCC(C)CC1. The van der Waals surface area contributed by atoms with Crippen LogP contribution in [-0.4, -0.2) is 24.8 Å². The third-order valence-corrected chi connectivity index (χ3v) is 4.04. The molecule has 0 amide bonds. The van der Waals surface area contributed by atoms with Crippen molar-refractivity contribution in [2.45, 2.75) is 71.9 Å². The molecule has 1 N–H and O–H groups in total. The molecular formula is C16H31NO. The van der Waals surface area contributed by atoms with Crippen LogP contribution in [0.2, 0.25) is 0 Å². The molecule has 0 aliphatic heterocycles. The van der Waals surface area contributed by atoms with Crippen molar-refractivity contribution in [3.05, 3.63) is 11.6 Å². The number of ether oxygens (including phenoxy) is 1. The second-order valence-corrected chi connectivity index (χ2v) is 5.96. The third kappa shape index (κ3) is 4.10. The molecule has 1 aliphatic rings. The van der Waals surface area contributed by atoms with Crippen molar-refractivity contribution in [2.24, 2.45) is 5.92 Å². The molecule has 2 heteroatoms. The van der Waals surface area contributed by atoms with Gasteiger partial charge in [0.25, 0.3) is 0 Å². The average Bonchev–Trinajstić information content (AvgIpc) is 2.32. The highest BCUT2D eigenvalue weighted by atomic mass is 16.5. The zero-order chi connectivity index (χ0) is 13.6. The first-order valence-corrected chi connectivity index (χ1v) is 7.56. The molecule has 1 unspecified atom stereocenters. The van der Waals surface area contributed by atoms with E-state index in [0.717, 1.165) is 19.1 Å². The van der Waals surface area contributed by atoms with E-state index in [4.69, 9.17) is 4.74 Å². The lowest BCUT2D eigenvalue weighted by Crippen LogP contribution is -2.53. The molecule has 2 nitrogen and oxygen atoms in total. The summed E-state index contributed by atoms with van der Waals surface area (Å²) in [5, 5.41) is 3.62. The molecular weight excluding hydrogens is 222 g/mol. The fraction of sp³-hybridized carbons (Fsp3) is 0.875. The van der Waals surface area contributed by atoms with Gasteiger partial charge < -0.3 is 10.1 Å². The van der Waals surface area contributed by atoms with Gasteiger partial charge in [-0.05, 0) is 58.9 Å². The molecule has 1 fully saturated rings. The van der Waals surface area contributed by atoms with Crippen molar-refractivity contribution in [1.82, 2.24) is 5.32 Å². The summed E-state index contributed by atoms with van der Waals surface area (Å²) in [7, 11) is 0. The van der Waals surface area contributed by atoms with E-state index in [-0.39, 0.29) is 5.60 Å². The average molecular weight is 253 g/mol. The summed E-state index contributed by atoms with van der Waals surface area (Å²) < 4.78 is 6.23. The predicted octanol–water partition coefficient (Wildman–Crippen LogP) is 3.92. The first-order valence-electron chi connectivity index (χ1n) is 7.56. The summed E-state index contributed by atoms with van der Waals surface area (Å²) in [6, 6.07) is 0.361. The summed E-state index contributed by atoms with van der Waals surface area (Å²) in [4.78, 5) is 0. The minimum Gasteiger partial charge on any atom is -0.373 e. The molecule has 0 aromatic rings.